The summed E-state index contributed by atoms with van der Waals surface area (Å²) in [6, 6.07) is 9.21. The third-order valence-electron chi connectivity index (χ3n) is 7.82. The molecule has 3 heterocycles. The van der Waals surface area contributed by atoms with Crippen molar-refractivity contribution in [2.24, 2.45) is 5.92 Å². The number of carbonyl (C=O) groups excluding carboxylic acids is 2. The maximum atomic E-state index is 13.9. The highest BCUT2D eigenvalue weighted by Crippen LogP contribution is 2.34. The van der Waals surface area contributed by atoms with E-state index in [0.717, 1.165) is 5.56 Å². The summed E-state index contributed by atoms with van der Waals surface area (Å²) in [7, 11) is -4.35. The molecule has 0 aliphatic carbocycles. The third kappa shape index (κ3) is 10.0. The fourth-order valence-corrected chi connectivity index (χ4v) is 5.79. The van der Waals surface area contributed by atoms with Gasteiger partial charge in [0.15, 0.2) is 0 Å². The van der Waals surface area contributed by atoms with Crippen molar-refractivity contribution in [3.05, 3.63) is 47.3 Å². The number of nitriles is 1. The molecule has 1 atom stereocenters. The number of anilines is 2. The predicted molar refractivity (Wildman–Crippen MR) is 158 cm³/mol. The molecule has 244 valence electrons. The molecule has 2 fully saturated rings. The highest BCUT2D eigenvalue weighted by atomic mass is 31.2. The lowest BCUT2D eigenvalue weighted by atomic mass is 9.93. The van der Waals surface area contributed by atoms with E-state index >= 15 is 0 Å². The number of alkyl halides is 3. The average Bonchev–Trinajstić information content (AvgIpc) is 3.50. The Hall–Kier alpha value is -3.93. The van der Waals surface area contributed by atoms with Gasteiger partial charge >= 0.3 is 19.8 Å². The molecule has 2 aliphatic rings. The predicted octanol–water partition coefficient (Wildman–Crippen LogP) is 2.74. The SMILES string of the molecule is N#Cc1ccc(CCNC(=O)[C@@H]2CCCN2c2cc(N3CCC(CCNC(=O)NCP(=O)(O)O)CC3)nc(C(F)(F)F)n2)cc1. The summed E-state index contributed by atoms with van der Waals surface area (Å²) in [5.74, 6) is -1.20. The molecule has 45 heavy (non-hydrogen) atoms. The monoisotopic (exact) mass is 652 g/mol. The lowest BCUT2D eigenvalue weighted by Crippen LogP contribution is -2.44. The van der Waals surface area contributed by atoms with Crippen molar-refractivity contribution in [3.63, 3.8) is 0 Å². The Morgan fingerprint density at radius 1 is 1.00 bits per heavy atom. The van der Waals surface area contributed by atoms with Crippen LogP contribution in [0.4, 0.5) is 29.6 Å². The Morgan fingerprint density at radius 3 is 2.33 bits per heavy atom. The summed E-state index contributed by atoms with van der Waals surface area (Å²) in [4.78, 5) is 53.5. The zero-order valence-electron chi connectivity index (χ0n) is 24.5. The van der Waals surface area contributed by atoms with Crippen LogP contribution in [0.1, 0.15) is 49.1 Å². The number of hydrogen-bond acceptors (Lipinski definition) is 8. The lowest BCUT2D eigenvalue weighted by molar-refractivity contribution is -0.144. The molecule has 3 amide bonds. The molecule has 0 unspecified atom stereocenters. The number of halogens is 3. The first kappa shape index (κ1) is 34.0. The first-order chi connectivity index (χ1) is 21.3. The number of benzene rings is 1. The highest BCUT2D eigenvalue weighted by Gasteiger charge is 2.39. The summed E-state index contributed by atoms with van der Waals surface area (Å²) in [6.07, 6.45) is -2.05. The van der Waals surface area contributed by atoms with Crippen LogP contribution >= 0.6 is 7.60 Å². The maximum absolute atomic E-state index is 13.9. The van der Waals surface area contributed by atoms with Crippen LogP contribution in [0.5, 0.6) is 0 Å². The van der Waals surface area contributed by atoms with Gasteiger partial charge in [-0.3, -0.25) is 9.36 Å². The van der Waals surface area contributed by atoms with Gasteiger partial charge in [-0.05, 0) is 62.1 Å². The molecule has 4 rings (SSSR count). The number of carbonyl (C=O) groups is 2. The van der Waals surface area contributed by atoms with Crippen molar-refractivity contribution >= 4 is 31.2 Å². The number of amides is 3. The standard InChI is InChI=1S/C28H36F3N8O5P/c29-28(30,31)26-36-23(38-14-9-20(10-15-38)8-12-34-27(41)35-18-45(42,43)44)16-24(37-26)39-13-1-2-22(39)25(40)33-11-7-19-3-5-21(17-32)6-4-19/h3-6,16,20,22H,1-2,7-15,18H2,(H,33,40)(H2,34,35,41)(H2,42,43,44)/t22-/m0/s1. The molecule has 1 aromatic heterocycles. The largest absolute Gasteiger partial charge is 0.451 e. The lowest BCUT2D eigenvalue weighted by Gasteiger charge is -2.34. The van der Waals surface area contributed by atoms with Crippen molar-refractivity contribution in [1.29, 1.82) is 5.26 Å². The molecule has 13 nitrogen and oxygen atoms in total. The summed E-state index contributed by atoms with van der Waals surface area (Å²) in [5, 5.41) is 16.5. The number of hydrogen-bond donors (Lipinski definition) is 5. The minimum atomic E-state index is -4.78. The van der Waals surface area contributed by atoms with Crippen LogP contribution in [0.25, 0.3) is 0 Å². The van der Waals surface area contributed by atoms with Gasteiger partial charge in [0.1, 0.15) is 24.0 Å². The van der Waals surface area contributed by atoms with E-state index in [2.05, 4.69) is 32.0 Å². The molecule has 0 spiro atoms. The molecule has 0 saturated carbocycles. The van der Waals surface area contributed by atoms with Gasteiger partial charge in [0.05, 0.1) is 11.6 Å². The van der Waals surface area contributed by atoms with Crippen LogP contribution in [0, 0.1) is 17.2 Å². The van der Waals surface area contributed by atoms with Gasteiger partial charge < -0.3 is 35.5 Å². The van der Waals surface area contributed by atoms with E-state index in [1.54, 1.807) is 21.9 Å². The molecular weight excluding hydrogens is 616 g/mol. The second-order valence-corrected chi connectivity index (χ2v) is 12.7. The fourth-order valence-electron chi connectivity index (χ4n) is 5.44. The van der Waals surface area contributed by atoms with E-state index in [-0.39, 0.29) is 30.0 Å². The molecule has 2 saturated heterocycles. The zero-order valence-corrected chi connectivity index (χ0v) is 25.4. The highest BCUT2D eigenvalue weighted by molar-refractivity contribution is 7.51. The van der Waals surface area contributed by atoms with Gasteiger partial charge in [-0.15, -0.1) is 0 Å². The van der Waals surface area contributed by atoms with E-state index in [1.165, 1.54) is 6.07 Å². The molecule has 1 aromatic carbocycles. The number of nitrogens with one attached hydrogen (secondary N) is 3. The maximum Gasteiger partial charge on any atom is 0.451 e. The van der Waals surface area contributed by atoms with E-state index in [4.69, 9.17) is 15.0 Å². The number of aromatic nitrogens is 2. The zero-order chi connectivity index (χ0) is 32.6. The number of nitrogens with zero attached hydrogens (tertiary/aromatic N) is 5. The van der Waals surface area contributed by atoms with Gasteiger partial charge in [0.2, 0.25) is 11.7 Å². The quantitative estimate of drug-likeness (QED) is 0.226. The molecule has 2 aliphatic heterocycles. The van der Waals surface area contributed by atoms with Crippen LogP contribution in [0.2, 0.25) is 0 Å². The number of urea groups is 1. The van der Waals surface area contributed by atoms with Crippen molar-refractivity contribution < 1.29 is 37.1 Å². The summed E-state index contributed by atoms with van der Waals surface area (Å²) >= 11 is 0. The first-order valence-electron chi connectivity index (χ1n) is 14.6. The van der Waals surface area contributed by atoms with Gasteiger partial charge in [0.25, 0.3) is 0 Å². The Bertz CT molecular complexity index is 1420. The van der Waals surface area contributed by atoms with E-state index in [9.17, 15) is 27.3 Å². The smallest absolute Gasteiger partial charge is 0.356 e. The Morgan fingerprint density at radius 2 is 1.69 bits per heavy atom. The Kier molecular flexibility index (Phi) is 11.2. The molecular formula is C28H36F3N8O5P. The molecule has 0 radical (unpaired) electrons. The molecule has 5 N–H and O–H groups in total. The van der Waals surface area contributed by atoms with Crippen LogP contribution in [-0.2, 0) is 22.0 Å². The average molecular weight is 653 g/mol. The molecule has 17 heteroatoms. The normalized spacial score (nSPS) is 17.6. The van der Waals surface area contributed by atoms with Crippen molar-refractivity contribution in [3.8, 4) is 6.07 Å². The van der Waals surface area contributed by atoms with E-state index in [1.807, 2.05) is 12.1 Å². The second kappa shape index (κ2) is 14.9. The summed E-state index contributed by atoms with van der Waals surface area (Å²) < 4.78 is 52.5. The van der Waals surface area contributed by atoms with Crippen LogP contribution in [0.3, 0.4) is 0 Å². The van der Waals surface area contributed by atoms with Crippen LogP contribution in [0.15, 0.2) is 30.3 Å². The minimum absolute atomic E-state index is 0.0460. The third-order valence-corrected chi connectivity index (χ3v) is 8.39. The molecule has 2 aromatic rings. The van der Waals surface area contributed by atoms with Crippen molar-refractivity contribution in [2.75, 3.05) is 48.8 Å². The Labute approximate surface area is 258 Å². The minimum Gasteiger partial charge on any atom is -0.356 e. The van der Waals surface area contributed by atoms with Crippen LogP contribution in [-0.4, -0.2) is 76.7 Å². The summed E-state index contributed by atoms with van der Waals surface area (Å²) in [6.45, 7) is 1.85. The first-order valence-corrected chi connectivity index (χ1v) is 16.4. The molecule has 0 bridgehead atoms. The van der Waals surface area contributed by atoms with Crippen LogP contribution < -0.4 is 25.8 Å². The van der Waals surface area contributed by atoms with E-state index in [0.29, 0.717) is 70.3 Å². The topological polar surface area (TPSA) is 184 Å². The van der Waals surface area contributed by atoms with Gasteiger partial charge in [-0.25, -0.2) is 14.8 Å². The van der Waals surface area contributed by atoms with Gasteiger partial charge in [0, 0.05) is 38.8 Å². The summed E-state index contributed by atoms with van der Waals surface area (Å²) in [5.41, 5.74) is 1.48. The van der Waals surface area contributed by atoms with E-state index < -0.39 is 38.0 Å². The fraction of sp³-hybridized carbons (Fsp3) is 0.536. The second-order valence-electron chi connectivity index (χ2n) is 11.1. The van der Waals surface area contributed by atoms with Gasteiger partial charge in [-0.2, -0.15) is 18.4 Å². The number of piperidine rings is 1. The number of rotatable bonds is 11. The van der Waals surface area contributed by atoms with Crippen molar-refractivity contribution in [2.45, 2.75) is 50.7 Å². The van der Waals surface area contributed by atoms with Gasteiger partial charge in [-0.1, -0.05) is 12.1 Å². The van der Waals surface area contributed by atoms with Crippen molar-refractivity contribution in [1.82, 2.24) is 25.9 Å². The Balaban J connectivity index is 1.35.